The largest absolute Gasteiger partial charge is 0.378 e. The summed E-state index contributed by atoms with van der Waals surface area (Å²) in [5, 5.41) is 0. The van der Waals surface area contributed by atoms with Crippen LogP contribution < -0.4 is 4.72 Å². The number of benzene rings is 2. The number of hydrogen-bond donors (Lipinski definition) is 1. The maximum atomic E-state index is 13.1. The van der Waals surface area contributed by atoms with Gasteiger partial charge < -0.3 is 9.64 Å². The standard InChI is InChI=1S/C24H25N3O4S2/c1-32-23-7-6-21(17-22(23)24(28)27-12-14-31-15-13-27)33(29,30)26-20-4-2-18(3-5-20)16-19-8-10-25-11-9-19/h2-11,17,26H,12-16H2,1H3. The molecule has 0 unspecified atom stereocenters. The third-order valence-corrected chi connectivity index (χ3v) is 7.55. The molecule has 0 saturated carbocycles. The van der Waals surface area contributed by atoms with Gasteiger partial charge in [-0.05, 0) is 66.3 Å². The van der Waals surface area contributed by atoms with Crippen molar-refractivity contribution >= 4 is 33.4 Å². The smallest absolute Gasteiger partial charge is 0.261 e. The van der Waals surface area contributed by atoms with Crippen molar-refractivity contribution in [1.82, 2.24) is 9.88 Å². The molecule has 1 aliphatic rings. The van der Waals surface area contributed by atoms with Crippen LogP contribution in [0, 0.1) is 0 Å². The van der Waals surface area contributed by atoms with Gasteiger partial charge in [0, 0.05) is 36.1 Å². The fourth-order valence-corrected chi connectivity index (χ4v) is 5.25. The average Bonchev–Trinajstić information content (AvgIpc) is 2.85. The molecule has 0 radical (unpaired) electrons. The summed E-state index contributed by atoms with van der Waals surface area (Å²) in [7, 11) is -3.86. The lowest BCUT2D eigenvalue weighted by atomic mass is 10.1. The Hall–Kier alpha value is -2.88. The molecule has 0 aliphatic carbocycles. The van der Waals surface area contributed by atoms with Gasteiger partial charge in [0.2, 0.25) is 0 Å². The Labute approximate surface area is 198 Å². The molecule has 7 nitrogen and oxygen atoms in total. The van der Waals surface area contributed by atoms with Gasteiger partial charge in [-0.1, -0.05) is 12.1 Å². The molecule has 3 aromatic rings. The van der Waals surface area contributed by atoms with E-state index in [1.165, 1.54) is 23.9 Å². The first-order valence-corrected chi connectivity index (χ1v) is 13.2. The molecule has 1 fully saturated rings. The highest BCUT2D eigenvalue weighted by Gasteiger charge is 2.24. The Kier molecular flexibility index (Phi) is 7.32. The van der Waals surface area contributed by atoms with E-state index in [0.29, 0.717) is 37.6 Å². The highest BCUT2D eigenvalue weighted by atomic mass is 32.2. The van der Waals surface area contributed by atoms with Crippen LogP contribution >= 0.6 is 11.8 Å². The molecule has 2 heterocycles. The monoisotopic (exact) mass is 483 g/mol. The van der Waals surface area contributed by atoms with Gasteiger partial charge in [-0.15, -0.1) is 11.8 Å². The molecule has 0 bridgehead atoms. The van der Waals surface area contributed by atoms with E-state index in [0.717, 1.165) is 22.4 Å². The third kappa shape index (κ3) is 5.73. The van der Waals surface area contributed by atoms with E-state index in [-0.39, 0.29) is 10.8 Å². The first-order valence-electron chi connectivity index (χ1n) is 10.5. The number of nitrogens with zero attached hydrogens (tertiary/aromatic N) is 2. The molecule has 1 amide bonds. The van der Waals surface area contributed by atoms with Gasteiger partial charge in [0.1, 0.15) is 0 Å². The molecule has 172 valence electrons. The molecule has 4 rings (SSSR count). The number of sulfonamides is 1. The Bertz CT molecular complexity index is 1210. The number of ether oxygens (including phenoxy) is 1. The zero-order valence-electron chi connectivity index (χ0n) is 18.2. The van der Waals surface area contributed by atoms with Crippen LogP contribution in [0.2, 0.25) is 0 Å². The van der Waals surface area contributed by atoms with Crippen molar-refractivity contribution < 1.29 is 17.9 Å². The predicted octanol–water partition coefficient (Wildman–Crippen LogP) is 3.67. The van der Waals surface area contributed by atoms with Crippen LogP contribution in [-0.2, 0) is 21.2 Å². The molecule has 1 saturated heterocycles. The lowest BCUT2D eigenvalue weighted by Crippen LogP contribution is -2.40. The minimum absolute atomic E-state index is 0.0535. The second-order valence-corrected chi connectivity index (χ2v) is 10.1. The molecule has 1 aromatic heterocycles. The molecule has 1 aliphatic heterocycles. The number of hydrogen-bond acceptors (Lipinski definition) is 6. The van der Waals surface area contributed by atoms with Crippen LogP contribution in [0.15, 0.2) is 76.8 Å². The predicted molar refractivity (Wildman–Crippen MR) is 129 cm³/mol. The highest BCUT2D eigenvalue weighted by molar-refractivity contribution is 7.98. The SMILES string of the molecule is CSc1ccc(S(=O)(=O)Nc2ccc(Cc3ccncc3)cc2)cc1C(=O)N1CCOCC1. The normalized spacial score (nSPS) is 14.2. The molecule has 1 N–H and O–H groups in total. The summed E-state index contributed by atoms with van der Waals surface area (Å²) in [6, 6.07) is 15.8. The zero-order valence-corrected chi connectivity index (χ0v) is 19.9. The topological polar surface area (TPSA) is 88.6 Å². The quantitative estimate of drug-likeness (QED) is 0.516. The van der Waals surface area contributed by atoms with E-state index >= 15 is 0 Å². The number of carbonyl (C=O) groups excluding carboxylic acids is 1. The van der Waals surface area contributed by atoms with Gasteiger partial charge in [0.25, 0.3) is 15.9 Å². The molecular weight excluding hydrogens is 458 g/mol. The highest BCUT2D eigenvalue weighted by Crippen LogP contribution is 2.27. The van der Waals surface area contributed by atoms with Gasteiger partial charge in [0.15, 0.2) is 0 Å². The zero-order chi connectivity index (χ0) is 23.3. The van der Waals surface area contributed by atoms with Gasteiger partial charge in [0.05, 0.1) is 23.7 Å². The summed E-state index contributed by atoms with van der Waals surface area (Å²) < 4.78 is 34.1. The maximum absolute atomic E-state index is 13.1. The van der Waals surface area contributed by atoms with Gasteiger partial charge in [-0.3, -0.25) is 14.5 Å². The van der Waals surface area contributed by atoms with Crippen LogP contribution in [0.3, 0.4) is 0 Å². The van der Waals surface area contributed by atoms with E-state index in [4.69, 9.17) is 4.74 Å². The Morgan fingerprint density at radius 3 is 2.36 bits per heavy atom. The molecule has 0 atom stereocenters. The molecule has 33 heavy (non-hydrogen) atoms. The number of anilines is 1. The summed E-state index contributed by atoms with van der Waals surface area (Å²) in [6.45, 7) is 1.95. The van der Waals surface area contributed by atoms with E-state index in [1.54, 1.807) is 35.5 Å². The second-order valence-electron chi connectivity index (χ2n) is 7.60. The molecule has 0 spiro atoms. The van der Waals surface area contributed by atoms with Crippen molar-refractivity contribution in [2.75, 3.05) is 37.3 Å². The van der Waals surface area contributed by atoms with Gasteiger partial charge in [-0.2, -0.15) is 0 Å². The Morgan fingerprint density at radius 2 is 1.70 bits per heavy atom. The van der Waals surface area contributed by atoms with Crippen LogP contribution in [0.5, 0.6) is 0 Å². The number of pyridine rings is 1. The van der Waals surface area contributed by atoms with E-state index < -0.39 is 10.0 Å². The number of rotatable bonds is 7. The third-order valence-electron chi connectivity index (χ3n) is 5.37. The van der Waals surface area contributed by atoms with Crippen molar-refractivity contribution in [3.63, 3.8) is 0 Å². The van der Waals surface area contributed by atoms with Crippen molar-refractivity contribution in [2.45, 2.75) is 16.2 Å². The van der Waals surface area contributed by atoms with Crippen molar-refractivity contribution in [1.29, 1.82) is 0 Å². The number of nitrogens with one attached hydrogen (secondary N) is 1. The van der Waals surface area contributed by atoms with Crippen molar-refractivity contribution in [2.24, 2.45) is 0 Å². The molecule has 2 aromatic carbocycles. The minimum Gasteiger partial charge on any atom is -0.378 e. The summed E-state index contributed by atoms with van der Waals surface area (Å²) in [4.78, 5) is 19.6. The van der Waals surface area contributed by atoms with E-state index in [1.807, 2.05) is 30.5 Å². The van der Waals surface area contributed by atoms with E-state index in [9.17, 15) is 13.2 Å². The first-order chi connectivity index (χ1) is 16.0. The fourth-order valence-electron chi connectivity index (χ4n) is 3.60. The van der Waals surface area contributed by atoms with E-state index in [2.05, 4.69) is 9.71 Å². The summed E-state index contributed by atoms with van der Waals surface area (Å²) in [5.41, 5.74) is 3.04. The van der Waals surface area contributed by atoms with Gasteiger partial charge >= 0.3 is 0 Å². The summed E-state index contributed by atoms with van der Waals surface area (Å²) >= 11 is 1.42. The Balaban J connectivity index is 1.52. The van der Waals surface area contributed by atoms with Crippen molar-refractivity contribution in [3.05, 3.63) is 83.7 Å². The lowest BCUT2D eigenvalue weighted by molar-refractivity contribution is 0.0300. The number of carbonyl (C=O) groups is 1. The van der Waals surface area contributed by atoms with Crippen LogP contribution in [0.25, 0.3) is 0 Å². The molecule has 9 heteroatoms. The number of thioether (sulfide) groups is 1. The second kappa shape index (κ2) is 10.4. The number of amides is 1. The van der Waals surface area contributed by atoms with Crippen LogP contribution in [0.1, 0.15) is 21.5 Å². The first kappa shape index (κ1) is 23.3. The van der Waals surface area contributed by atoms with Crippen LogP contribution in [0.4, 0.5) is 5.69 Å². The number of morpholine rings is 1. The fraction of sp³-hybridized carbons (Fsp3) is 0.250. The summed E-state index contributed by atoms with van der Waals surface area (Å²) in [5.74, 6) is -0.180. The van der Waals surface area contributed by atoms with Crippen LogP contribution in [-0.4, -0.2) is 56.8 Å². The average molecular weight is 484 g/mol. The lowest BCUT2D eigenvalue weighted by Gasteiger charge is -2.27. The summed E-state index contributed by atoms with van der Waals surface area (Å²) in [6.07, 6.45) is 6.10. The minimum atomic E-state index is -3.86. The molecular formula is C24H25N3O4S2. The number of aromatic nitrogens is 1. The van der Waals surface area contributed by atoms with Gasteiger partial charge in [-0.25, -0.2) is 8.42 Å². The van der Waals surface area contributed by atoms with Crippen molar-refractivity contribution in [3.8, 4) is 0 Å². The Morgan fingerprint density at radius 1 is 1.03 bits per heavy atom. The maximum Gasteiger partial charge on any atom is 0.261 e.